The Balaban J connectivity index is 2.56. The lowest BCUT2D eigenvalue weighted by Crippen LogP contribution is -2.29. The van der Waals surface area contributed by atoms with Gasteiger partial charge >= 0.3 is 0 Å². The van der Waals surface area contributed by atoms with Crippen LogP contribution in [0.15, 0.2) is 21.9 Å². The number of carbonyl (C=O) groups is 1. The number of halogens is 1. The van der Waals surface area contributed by atoms with Crippen LogP contribution in [-0.4, -0.2) is 53.1 Å². The third-order valence-corrected chi connectivity index (χ3v) is 6.15. The molecule has 0 N–H and O–H groups in total. The predicted octanol–water partition coefficient (Wildman–Crippen LogP) is 2.04. The standard InChI is InChI=1S/C14H18ClN5O3S2/c1-8(2)24-12-10(25(5,22)23)7-6-9(11(12)15)13(21)19(3)14-16-17-18-20(14)4/h6-8H,1-5H3. The highest BCUT2D eigenvalue weighted by molar-refractivity contribution is 8.00. The topological polar surface area (TPSA) is 98.1 Å². The Morgan fingerprint density at radius 3 is 2.48 bits per heavy atom. The largest absolute Gasteiger partial charge is 0.279 e. The quantitative estimate of drug-likeness (QED) is 0.704. The van der Waals surface area contributed by atoms with E-state index in [1.165, 1.54) is 40.5 Å². The van der Waals surface area contributed by atoms with Crippen LogP contribution in [0.1, 0.15) is 24.2 Å². The van der Waals surface area contributed by atoms with E-state index in [2.05, 4.69) is 15.5 Å². The summed E-state index contributed by atoms with van der Waals surface area (Å²) in [5.74, 6) is -0.195. The molecule has 0 atom stereocenters. The Labute approximate surface area is 155 Å². The Kier molecular flexibility index (Phi) is 5.75. The number of amides is 1. The molecule has 0 aliphatic rings. The molecule has 1 heterocycles. The number of anilines is 1. The first-order valence-electron chi connectivity index (χ1n) is 7.23. The zero-order valence-electron chi connectivity index (χ0n) is 14.4. The number of rotatable bonds is 5. The van der Waals surface area contributed by atoms with Gasteiger partial charge in [0.2, 0.25) is 0 Å². The summed E-state index contributed by atoms with van der Waals surface area (Å²) < 4.78 is 25.4. The van der Waals surface area contributed by atoms with Crippen LogP contribution in [0.2, 0.25) is 5.02 Å². The summed E-state index contributed by atoms with van der Waals surface area (Å²) >= 11 is 7.71. The van der Waals surface area contributed by atoms with E-state index in [1.807, 2.05) is 13.8 Å². The van der Waals surface area contributed by atoms with Crippen LogP contribution in [0.3, 0.4) is 0 Å². The van der Waals surface area contributed by atoms with Crippen LogP contribution < -0.4 is 4.90 Å². The van der Waals surface area contributed by atoms with E-state index < -0.39 is 15.7 Å². The molecule has 11 heteroatoms. The van der Waals surface area contributed by atoms with Gasteiger partial charge in [0.1, 0.15) is 0 Å². The smallest absolute Gasteiger partial charge is 0.261 e. The lowest BCUT2D eigenvalue weighted by Gasteiger charge is -2.18. The van der Waals surface area contributed by atoms with Gasteiger partial charge in [0.05, 0.1) is 15.5 Å². The van der Waals surface area contributed by atoms with Gasteiger partial charge in [-0.3, -0.25) is 9.69 Å². The first-order valence-corrected chi connectivity index (χ1v) is 10.4. The van der Waals surface area contributed by atoms with Gasteiger partial charge in [-0.05, 0) is 22.6 Å². The molecule has 0 saturated carbocycles. The number of tetrazole rings is 1. The first kappa shape index (κ1) is 19.7. The van der Waals surface area contributed by atoms with E-state index >= 15 is 0 Å². The van der Waals surface area contributed by atoms with E-state index in [0.29, 0.717) is 4.90 Å². The second kappa shape index (κ2) is 7.30. The van der Waals surface area contributed by atoms with Gasteiger partial charge in [-0.2, -0.15) is 0 Å². The summed E-state index contributed by atoms with van der Waals surface area (Å²) in [5, 5.41) is 11.2. The van der Waals surface area contributed by atoms with Gasteiger partial charge in [-0.25, -0.2) is 13.1 Å². The molecule has 25 heavy (non-hydrogen) atoms. The van der Waals surface area contributed by atoms with Crippen molar-refractivity contribution in [2.24, 2.45) is 7.05 Å². The lowest BCUT2D eigenvalue weighted by atomic mass is 10.2. The van der Waals surface area contributed by atoms with Crippen LogP contribution in [0.4, 0.5) is 5.95 Å². The molecule has 1 amide bonds. The minimum absolute atomic E-state index is 0.0871. The molecule has 0 saturated heterocycles. The second-order valence-corrected chi connectivity index (χ2v) is 9.61. The molecule has 2 rings (SSSR count). The van der Waals surface area contributed by atoms with Crippen molar-refractivity contribution in [3.05, 3.63) is 22.7 Å². The number of carbonyl (C=O) groups excluding carboxylic acids is 1. The molecule has 0 unspecified atom stereocenters. The highest BCUT2D eigenvalue weighted by Crippen LogP contribution is 2.38. The number of nitrogens with zero attached hydrogens (tertiary/aromatic N) is 5. The van der Waals surface area contributed by atoms with E-state index in [4.69, 9.17) is 11.6 Å². The molecular formula is C14H18ClN5O3S2. The summed E-state index contributed by atoms with van der Waals surface area (Å²) in [6.45, 7) is 3.83. The van der Waals surface area contributed by atoms with Gasteiger partial charge < -0.3 is 0 Å². The monoisotopic (exact) mass is 403 g/mol. The number of thioether (sulfide) groups is 1. The van der Waals surface area contributed by atoms with E-state index in [0.717, 1.165) is 6.26 Å². The molecule has 0 radical (unpaired) electrons. The third-order valence-electron chi connectivity index (χ3n) is 3.25. The lowest BCUT2D eigenvalue weighted by molar-refractivity contribution is 0.0990. The van der Waals surface area contributed by atoms with Gasteiger partial charge in [0, 0.05) is 30.5 Å². The van der Waals surface area contributed by atoms with Crippen molar-refractivity contribution in [1.82, 2.24) is 20.2 Å². The summed E-state index contributed by atoms with van der Waals surface area (Å²) in [6.07, 6.45) is 1.11. The van der Waals surface area contributed by atoms with Crippen LogP contribution in [0, 0.1) is 0 Å². The van der Waals surface area contributed by atoms with Gasteiger partial charge in [0.25, 0.3) is 11.9 Å². The maximum absolute atomic E-state index is 12.8. The van der Waals surface area contributed by atoms with Crippen molar-refractivity contribution < 1.29 is 13.2 Å². The van der Waals surface area contributed by atoms with Gasteiger partial charge in [0.15, 0.2) is 9.84 Å². The number of hydrogen-bond donors (Lipinski definition) is 0. The summed E-state index contributed by atoms with van der Waals surface area (Å²) in [6, 6.07) is 2.81. The maximum Gasteiger partial charge on any atom is 0.261 e. The molecule has 0 spiro atoms. The third kappa shape index (κ3) is 4.13. The molecule has 1 aromatic carbocycles. The molecule has 0 aliphatic heterocycles. The molecular weight excluding hydrogens is 386 g/mol. The fourth-order valence-corrected chi connectivity index (χ4v) is 4.78. The zero-order valence-corrected chi connectivity index (χ0v) is 16.8. The number of aryl methyl sites for hydroxylation is 1. The average molecular weight is 404 g/mol. The average Bonchev–Trinajstić information content (AvgIpc) is 2.92. The van der Waals surface area contributed by atoms with Crippen LogP contribution >= 0.6 is 23.4 Å². The molecule has 1 aromatic heterocycles. The van der Waals surface area contributed by atoms with Crippen molar-refractivity contribution in [3.63, 3.8) is 0 Å². The van der Waals surface area contributed by atoms with E-state index in [1.54, 1.807) is 7.05 Å². The maximum atomic E-state index is 12.8. The minimum atomic E-state index is -3.48. The SMILES string of the molecule is CC(C)Sc1c(S(C)(=O)=O)ccc(C(=O)N(C)c2nnnn2C)c1Cl. The predicted molar refractivity (Wildman–Crippen MR) is 97.1 cm³/mol. The molecule has 8 nitrogen and oxygen atoms in total. The van der Waals surface area contributed by atoms with Crippen molar-refractivity contribution in [2.75, 3.05) is 18.2 Å². The number of hydrogen-bond acceptors (Lipinski definition) is 7. The number of aromatic nitrogens is 4. The van der Waals surface area contributed by atoms with Gasteiger partial charge in [-0.1, -0.05) is 30.5 Å². The normalized spacial score (nSPS) is 11.8. The Morgan fingerprint density at radius 1 is 1.36 bits per heavy atom. The molecule has 0 fully saturated rings. The summed E-state index contributed by atoms with van der Waals surface area (Å²) in [4.78, 5) is 14.5. The molecule has 136 valence electrons. The number of benzene rings is 1. The highest BCUT2D eigenvalue weighted by Gasteiger charge is 2.26. The second-order valence-electron chi connectivity index (χ2n) is 5.66. The van der Waals surface area contributed by atoms with Crippen molar-refractivity contribution in [2.45, 2.75) is 28.9 Å². The minimum Gasteiger partial charge on any atom is -0.279 e. The zero-order chi connectivity index (χ0) is 18.9. The van der Waals surface area contributed by atoms with Gasteiger partial charge in [-0.15, -0.1) is 11.8 Å². The van der Waals surface area contributed by atoms with Crippen LogP contribution in [0.5, 0.6) is 0 Å². The van der Waals surface area contributed by atoms with E-state index in [9.17, 15) is 13.2 Å². The van der Waals surface area contributed by atoms with Crippen LogP contribution in [-0.2, 0) is 16.9 Å². The fraction of sp³-hybridized carbons (Fsp3) is 0.429. The Bertz CT molecular complexity index is 911. The molecule has 0 bridgehead atoms. The summed E-state index contributed by atoms with van der Waals surface area (Å²) in [7, 11) is -0.358. The highest BCUT2D eigenvalue weighted by atomic mass is 35.5. The first-order chi connectivity index (χ1) is 11.5. The van der Waals surface area contributed by atoms with Crippen molar-refractivity contribution in [1.29, 1.82) is 0 Å². The Hall–Kier alpha value is -1.65. The number of sulfone groups is 1. The molecule has 2 aromatic rings. The molecule has 0 aliphatic carbocycles. The van der Waals surface area contributed by atoms with Crippen LogP contribution in [0.25, 0.3) is 0 Å². The van der Waals surface area contributed by atoms with Crippen molar-refractivity contribution >= 4 is 45.1 Å². The Morgan fingerprint density at radius 2 is 2.00 bits per heavy atom. The fourth-order valence-electron chi connectivity index (χ4n) is 2.12. The van der Waals surface area contributed by atoms with Crippen molar-refractivity contribution in [3.8, 4) is 0 Å². The van der Waals surface area contributed by atoms with E-state index in [-0.39, 0.29) is 26.7 Å². The summed E-state index contributed by atoms with van der Waals surface area (Å²) in [5.41, 5.74) is 0.183.